The van der Waals surface area contributed by atoms with Gasteiger partial charge in [0.05, 0.1) is 6.04 Å². The molecule has 3 fully saturated rings. The molecule has 0 aliphatic carbocycles. The van der Waals surface area contributed by atoms with Crippen LogP contribution in [0.4, 0.5) is 0 Å². The van der Waals surface area contributed by atoms with Gasteiger partial charge < -0.3 is 10.2 Å². The highest BCUT2D eigenvalue weighted by molar-refractivity contribution is 7.99. The Balaban J connectivity index is 0.00000169. The van der Waals surface area contributed by atoms with E-state index in [9.17, 15) is 4.79 Å². The molecule has 0 bridgehead atoms. The smallest absolute Gasteiger partial charge is 0.242 e. The predicted molar refractivity (Wildman–Crippen MR) is 100 cm³/mol. The summed E-state index contributed by atoms with van der Waals surface area (Å²) in [6, 6.07) is 10.9. The molecule has 3 heterocycles. The third-order valence-electron chi connectivity index (χ3n) is 5.24. The highest BCUT2D eigenvalue weighted by Gasteiger charge is 2.44. The van der Waals surface area contributed by atoms with Crippen LogP contribution >= 0.6 is 24.2 Å². The van der Waals surface area contributed by atoms with Gasteiger partial charge in [-0.05, 0) is 18.5 Å². The van der Waals surface area contributed by atoms with Crippen molar-refractivity contribution in [1.82, 2.24) is 21.1 Å². The lowest BCUT2D eigenvalue weighted by molar-refractivity contribution is -0.136. The summed E-state index contributed by atoms with van der Waals surface area (Å²) in [4.78, 5) is 15.3. The van der Waals surface area contributed by atoms with Crippen LogP contribution in [0.15, 0.2) is 30.3 Å². The fraction of sp³-hybridized carbons (Fsp3) is 0.588. The van der Waals surface area contributed by atoms with E-state index in [1.54, 1.807) is 0 Å². The van der Waals surface area contributed by atoms with Crippen molar-refractivity contribution in [2.75, 3.05) is 31.1 Å². The summed E-state index contributed by atoms with van der Waals surface area (Å²) in [5, 5.41) is 3.43. The van der Waals surface area contributed by atoms with Crippen LogP contribution in [0, 0.1) is 5.92 Å². The van der Waals surface area contributed by atoms with Crippen molar-refractivity contribution in [2.24, 2.45) is 5.92 Å². The van der Waals surface area contributed by atoms with Gasteiger partial charge in [-0.25, -0.2) is 5.43 Å². The summed E-state index contributed by atoms with van der Waals surface area (Å²) in [5.74, 6) is 2.62. The predicted octanol–water partition coefficient (Wildman–Crippen LogP) is 1.18. The fourth-order valence-electron chi connectivity index (χ4n) is 3.96. The molecule has 132 valence electrons. The van der Waals surface area contributed by atoms with Gasteiger partial charge in [-0.1, -0.05) is 30.3 Å². The Morgan fingerprint density at radius 3 is 2.88 bits per heavy atom. The van der Waals surface area contributed by atoms with E-state index in [1.165, 1.54) is 5.56 Å². The van der Waals surface area contributed by atoms with E-state index in [4.69, 9.17) is 0 Å². The van der Waals surface area contributed by atoms with E-state index in [1.807, 2.05) is 17.8 Å². The third-order valence-corrected chi connectivity index (χ3v) is 6.27. The van der Waals surface area contributed by atoms with E-state index in [0.29, 0.717) is 12.0 Å². The van der Waals surface area contributed by atoms with Crippen LogP contribution in [-0.4, -0.2) is 54.0 Å². The molecule has 3 aliphatic heterocycles. The largest absolute Gasteiger partial charge is 0.333 e. The van der Waals surface area contributed by atoms with E-state index in [-0.39, 0.29) is 30.4 Å². The van der Waals surface area contributed by atoms with Gasteiger partial charge in [-0.3, -0.25) is 10.2 Å². The molecular weight excluding hydrogens is 344 g/mol. The van der Waals surface area contributed by atoms with E-state index >= 15 is 0 Å². The van der Waals surface area contributed by atoms with Crippen molar-refractivity contribution < 1.29 is 4.79 Å². The van der Waals surface area contributed by atoms with E-state index < -0.39 is 0 Å². The molecule has 7 heteroatoms. The second-order valence-corrected chi connectivity index (χ2v) is 7.71. The van der Waals surface area contributed by atoms with Gasteiger partial charge in [-0.2, -0.15) is 11.8 Å². The minimum atomic E-state index is -0.109. The maximum Gasteiger partial charge on any atom is 0.242 e. The molecule has 0 radical (unpaired) electrons. The molecule has 1 aromatic carbocycles. The first-order chi connectivity index (χ1) is 11.3. The third kappa shape index (κ3) is 3.44. The Morgan fingerprint density at radius 1 is 1.21 bits per heavy atom. The number of fused-ring (bicyclic) bond motifs is 1. The molecule has 4 atom stereocenters. The minimum Gasteiger partial charge on any atom is -0.333 e. The van der Waals surface area contributed by atoms with Crippen molar-refractivity contribution in [3.05, 3.63) is 35.9 Å². The second kappa shape index (κ2) is 8.06. The van der Waals surface area contributed by atoms with Crippen molar-refractivity contribution in [1.29, 1.82) is 0 Å². The Morgan fingerprint density at radius 2 is 2.04 bits per heavy atom. The number of benzene rings is 1. The number of nitrogens with one attached hydrogen (secondary N) is 3. The quantitative estimate of drug-likeness (QED) is 0.732. The SMILES string of the molecule is Cl.O=C(C1NNC2CCNCC21)N1CCSCC1c1ccccc1. The molecule has 0 spiro atoms. The summed E-state index contributed by atoms with van der Waals surface area (Å²) in [6.07, 6.45) is 1.08. The number of rotatable bonds is 2. The molecule has 3 N–H and O–H groups in total. The van der Waals surface area contributed by atoms with E-state index in [0.717, 1.165) is 37.6 Å². The number of nitrogens with zero attached hydrogens (tertiary/aromatic N) is 1. The number of hydrogen-bond donors (Lipinski definition) is 3. The number of carbonyl (C=O) groups excluding carboxylic acids is 1. The van der Waals surface area contributed by atoms with Crippen molar-refractivity contribution in [2.45, 2.75) is 24.5 Å². The van der Waals surface area contributed by atoms with Gasteiger partial charge in [0.1, 0.15) is 6.04 Å². The van der Waals surface area contributed by atoms with Gasteiger partial charge in [0.15, 0.2) is 0 Å². The van der Waals surface area contributed by atoms with Gasteiger partial charge >= 0.3 is 0 Å². The molecule has 3 aliphatic rings. The summed E-state index contributed by atoms with van der Waals surface area (Å²) in [5.41, 5.74) is 7.87. The summed E-state index contributed by atoms with van der Waals surface area (Å²) < 4.78 is 0. The molecule has 0 aromatic heterocycles. The van der Waals surface area contributed by atoms with E-state index in [2.05, 4.69) is 45.3 Å². The second-order valence-electron chi connectivity index (χ2n) is 6.56. The molecule has 24 heavy (non-hydrogen) atoms. The molecule has 3 saturated heterocycles. The zero-order valence-electron chi connectivity index (χ0n) is 13.6. The minimum absolute atomic E-state index is 0. The van der Waals surface area contributed by atoms with Gasteiger partial charge in [0.2, 0.25) is 5.91 Å². The normalized spacial score (nSPS) is 32.8. The number of thioether (sulfide) groups is 1. The lowest BCUT2D eigenvalue weighted by Gasteiger charge is -2.38. The van der Waals surface area contributed by atoms with Crippen molar-refractivity contribution in [3.8, 4) is 0 Å². The Kier molecular flexibility index (Phi) is 6.05. The van der Waals surface area contributed by atoms with Crippen molar-refractivity contribution in [3.63, 3.8) is 0 Å². The zero-order valence-corrected chi connectivity index (χ0v) is 15.2. The molecule has 4 rings (SSSR count). The average Bonchev–Trinajstić information content (AvgIpc) is 3.06. The van der Waals surface area contributed by atoms with Gasteiger partial charge in [-0.15, -0.1) is 12.4 Å². The van der Waals surface area contributed by atoms with Crippen LogP contribution in [0.3, 0.4) is 0 Å². The first-order valence-electron chi connectivity index (χ1n) is 8.49. The lowest BCUT2D eigenvalue weighted by atomic mass is 9.88. The van der Waals surface area contributed by atoms with Crippen LogP contribution in [0.1, 0.15) is 18.0 Å². The van der Waals surface area contributed by atoms with Crippen LogP contribution in [-0.2, 0) is 4.79 Å². The monoisotopic (exact) mass is 368 g/mol. The van der Waals surface area contributed by atoms with Gasteiger partial charge in [0, 0.05) is 36.6 Å². The number of halogens is 1. The summed E-state index contributed by atoms with van der Waals surface area (Å²) >= 11 is 1.94. The topological polar surface area (TPSA) is 56.4 Å². The molecule has 0 saturated carbocycles. The van der Waals surface area contributed by atoms with Gasteiger partial charge in [0.25, 0.3) is 0 Å². The number of amides is 1. The maximum absolute atomic E-state index is 13.2. The molecule has 5 nitrogen and oxygen atoms in total. The zero-order chi connectivity index (χ0) is 15.6. The van der Waals surface area contributed by atoms with Crippen LogP contribution in [0.25, 0.3) is 0 Å². The standard InChI is InChI=1S/C17H24N4OS.ClH/c22-17(16-13-10-18-7-6-14(13)19-20-16)21-8-9-23-11-15(21)12-4-2-1-3-5-12;/h1-5,13-16,18-20H,6-11H2;1H. The molecule has 1 aromatic rings. The average molecular weight is 369 g/mol. The van der Waals surface area contributed by atoms with Crippen LogP contribution in [0.2, 0.25) is 0 Å². The Bertz CT molecular complexity index is 561. The number of hydrogen-bond acceptors (Lipinski definition) is 5. The summed E-state index contributed by atoms with van der Waals surface area (Å²) in [7, 11) is 0. The highest BCUT2D eigenvalue weighted by Crippen LogP contribution is 2.32. The highest BCUT2D eigenvalue weighted by atomic mass is 35.5. The molecular formula is C17H25ClN4OS. The number of carbonyl (C=O) groups is 1. The number of hydrazine groups is 1. The first kappa shape index (κ1) is 18.0. The maximum atomic E-state index is 13.2. The summed E-state index contributed by atoms with van der Waals surface area (Å²) in [6.45, 7) is 2.79. The first-order valence-corrected chi connectivity index (χ1v) is 9.65. The fourth-order valence-corrected chi connectivity index (χ4v) is 5.05. The van der Waals surface area contributed by atoms with Crippen molar-refractivity contribution >= 4 is 30.1 Å². The number of piperidine rings is 1. The Hall–Kier alpha value is -0.790. The van der Waals surface area contributed by atoms with Crippen LogP contribution < -0.4 is 16.2 Å². The molecule has 1 amide bonds. The molecule has 4 unspecified atom stereocenters. The van der Waals surface area contributed by atoms with Crippen LogP contribution in [0.5, 0.6) is 0 Å². The Labute approximate surface area is 153 Å². The lowest BCUT2D eigenvalue weighted by Crippen LogP contribution is -2.53.